The number of carbonyl (C=O) groups excluding carboxylic acids is 1. The molecule has 1 aromatic carbocycles. The van der Waals surface area contributed by atoms with Crippen molar-refractivity contribution in [2.45, 2.75) is 26.1 Å². The van der Waals surface area contributed by atoms with Crippen molar-refractivity contribution in [2.75, 3.05) is 6.61 Å². The number of Topliss-reactive ketones (excluding diaryl/α,β-unsaturated/α-hetero) is 1. The number of rotatable bonds is 4. The quantitative estimate of drug-likeness (QED) is 0.762. The molecule has 0 aliphatic rings. The van der Waals surface area contributed by atoms with E-state index in [2.05, 4.69) is 0 Å². The molecule has 0 radical (unpaired) electrons. The van der Waals surface area contributed by atoms with Crippen LogP contribution in [0.25, 0.3) is 0 Å². The third-order valence-electron chi connectivity index (χ3n) is 2.28. The lowest BCUT2D eigenvalue weighted by atomic mass is 10.0. The van der Waals surface area contributed by atoms with E-state index in [9.17, 15) is 18.0 Å². The molecule has 0 N–H and O–H groups in total. The standard InChI is InChI=1S/C12H13F3O2/c1-3-17-8(2)11(16)9-4-6-10(7-5-9)12(13,14)15/h4-8H,3H2,1-2H3. The van der Waals surface area contributed by atoms with Crippen molar-refractivity contribution in [3.63, 3.8) is 0 Å². The lowest BCUT2D eigenvalue weighted by Crippen LogP contribution is -2.20. The van der Waals surface area contributed by atoms with E-state index in [1.54, 1.807) is 13.8 Å². The van der Waals surface area contributed by atoms with Crippen molar-refractivity contribution in [3.05, 3.63) is 35.4 Å². The van der Waals surface area contributed by atoms with Crippen LogP contribution in [0, 0.1) is 0 Å². The fraction of sp³-hybridized carbons (Fsp3) is 0.417. The van der Waals surface area contributed by atoms with Crippen molar-refractivity contribution >= 4 is 5.78 Å². The summed E-state index contributed by atoms with van der Waals surface area (Å²) in [6, 6.07) is 4.12. The van der Waals surface area contributed by atoms with Gasteiger partial charge in [-0.2, -0.15) is 13.2 Å². The summed E-state index contributed by atoms with van der Waals surface area (Å²) >= 11 is 0. The Kier molecular flexibility index (Phi) is 4.28. The fourth-order valence-electron chi connectivity index (χ4n) is 1.38. The maximum atomic E-state index is 12.3. The average Bonchev–Trinajstić information content (AvgIpc) is 2.27. The zero-order valence-corrected chi connectivity index (χ0v) is 9.54. The molecule has 5 heteroatoms. The fourth-order valence-corrected chi connectivity index (χ4v) is 1.38. The number of hydrogen-bond acceptors (Lipinski definition) is 2. The van der Waals surface area contributed by atoms with Gasteiger partial charge in [-0.3, -0.25) is 4.79 Å². The van der Waals surface area contributed by atoms with Gasteiger partial charge in [0, 0.05) is 12.2 Å². The molecular formula is C12H13F3O2. The minimum atomic E-state index is -4.38. The first-order valence-electron chi connectivity index (χ1n) is 5.19. The maximum Gasteiger partial charge on any atom is 0.416 e. The van der Waals surface area contributed by atoms with Crippen molar-refractivity contribution in [1.29, 1.82) is 0 Å². The van der Waals surface area contributed by atoms with Crippen molar-refractivity contribution < 1.29 is 22.7 Å². The Morgan fingerprint density at radius 2 is 1.82 bits per heavy atom. The van der Waals surface area contributed by atoms with Gasteiger partial charge in [0.1, 0.15) is 6.10 Å². The largest absolute Gasteiger partial charge is 0.416 e. The summed E-state index contributed by atoms with van der Waals surface area (Å²) < 4.78 is 42.0. The molecule has 0 aromatic heterocycles. The van der Waals surface area contributed by atoms with Gasteiger partial charge < -0.3 is 4.74 Å². The number of carbonyl (C=O) groups is 1. The van der Waals surface area contributed by atoms with Crippen LogP contribution in [0.5, 0.6) is 0 Å². The zero-order valence-electron chi connectivity index (χ0n) is 9.54. The lowest BCUT2D eigenvalue weighted by Gasteiger charge is -2.11. The molecule has 1 atom stereocenters. The van der Waals surface area contributed by atoms with E-state index in [4.69, 9.17) is 4.74 Å². The van der Waals surface area contributed by atoms with Gasteiger partial charge in [0.25, 0.3) is 0 Å². The van der Waals surface area contributed by atoms with E-state index in [0.29, 0.717) is 6.61 Å². The summed E-state index contributed by atoms with van der Waals surface area (Å²) in [6.45, 7) is 3.70. The highest BCUT2D eigenvalue weighted by molar-refractivity contribution is 5.99. The number of halogens is 3. The summed E-state index contributed by atoms with van der Waals surface area (Å²) in [6.07, 6.45) is -5.02. The molecule has 0 aliphatic heterocycles. The van der Waals surface area contributed by atoms with Crippen molar-refractivity contribution in [3.8, 4) is 0 Å². The molecule has 0 aliphatic carbocycles. The zero-order chi connectivity index (χ0) is 13.1. The molecule has 0 bridgehead atoms. The third-order valence-corrected chi connectivity index (χ3v) is 2.28. The van der Waals surface area contributed by atoms with Crippen LogP contribution in [0.2, 0.25) is 0 Å². The molecule has 0 fully saturated rings. The highest BCUT2D eigenvalue weighted by atomic mass is 19.4. The normalized spacial score (nSPS) is 13.5. The predicted molar refractivity (Wildman–Crippen MR) is 56.9 cm³/mol. The molecular weight excluding hydrogens is 233 g/mol. The molecule has 0 saturated heterocycles. The van der Waals surface area contributed by atoms with E-state index < -0.39 is 17.8 Å². The molecule has 0 spiro atoms. The van der Waals surface area contributed by atoms with Crippen LogP contribution in [0.1, 0.15) is 29.8 Å². The number of benzene rings is 1. The smallest absolute Gasteiger partial charge is 0.371 e. The maximum absolute atomic E-state index is 12.3. The molecule has 1 rings (SSSR count). The third kappa shape index (κ3) is 3.56. The van der Waals surface area contributed by atoms with Gasteiger partial charge in [0.15, 0.2) is 5.78 Å². The summed E-state index contributed by atoms with van der Waals surface area (Å²) in [4.78, 5) is 11.7. The number of alkyl halides is 3. The summed E-state index contributed by atoms with van der Waals surface area (Å²) in [5, 5.41) is 0. The van der Waals surface area contributed by atoms with Gasteiger partial charge in [0.05, 0.1) is 5.56 Å². The summed E-state index contributed by atoms with van der Waals surface area (Å²) in [5.41, 5.74) is -0.544. The molecule has 94 valence electrons. The lowest BCUT2D eigenvalue weighted by molar-refractivity contribution is -0.137. The molecule has 17 heavy (non-hydrogen) atoms. The minimum Gasteiger partial charge on any atom is -0.371 e. The first-order valence-corrected chi connectivity index (χ1v) is 5.19. The highest BCUT2D eigenvalue weighted by Gasteiger charge is 2.30. The summed E-state index contributed by atoms with van der Waals surface area (Å²) in [5.74, 6) is -0.319. The van der Waals surface area contributed by atoms with Crippen LogP contribution < -0.4 is 0 Å². The Hall–Kier alpha value is -1.36. The second-order valence-corrected chi connectivity index (χ2v) is 3.54. The molecule has 2 nitrogen and oxygen atoms in total. The van der Waals surface area contributed by atoms with Gasteiger partial charge in [0.2, 0.25) is 0 Å². The predicted octanol–water partition coefficient (Wildman–Crippen LogP) is 3.31. The van der Waals surface area contributed by atoms with E-state index in [1.165, 1.54) is 12.1 Å². The number of ketones is 1. The second-order valence-electron chi connectivity index (χ2n) is 3.54. The Morgan fingerprint density at radius 3 is 2.24 bits per heavy atom. The highest BCUT2D eigenvalue weighted by Crippen LogP contribution is 2.29. The van der Waals surface area contributed by atoms with Crippen molar-refractivity contribution in [2.24, 2.45) is 0 Å². The van der Waals surface area contributed by atoms with E-state index in [-0.39, 0.29) is 11.3 Å². The van der Waals surface area contributed by atoms with E-state index >= 15 is 0 Å². The Balaban J connectivity index is 2.84. The van der Waals surface area contributed by atoms with Gasteiger partial charge in [-0.1, -0.05) is 12.1 Å². The first-order chi connectivity index (χ1) is 7.86. The first kappa shape index (κ1) is 13.7. The van der Waals surface area contributed by atoms with Gasteiger partial charge in [-0.25, -0.2) is 0 Å². The Labute approximate surface area is 97.4 Å². The number of ether oxygens (including phenoxy) is 1. The second kappa shape index (κ2) is 5.31. The molecule has 1 unspecified atom stereocenters. The van der Waals surface area contributed by atoms with E-state index in [1.807, 2.05) is 0 Å². The average molecular weight is 246 g/mol. The van der Waals surface area contributed by atoms with Crippen LogP contribution >= 0.6 is 0 Å². The van der Waals surface area contributed by atoms with E-state index in [0.717, 1.165) is 12.1 Å². The molecule has 0 saturated carbocycles. The van der Waals surface area contributed by atoms with Crippen LogP contribution in [-0.4, -0.2) is 18.5 Å². The number of hydrogen-bond donors (Lipinski definition) is 0. The van der Waals surface area contributed by atoms with Crippen LogP contribution in [0.4, 0.5) is 13.2 Å². The van der Waals surface area contributed by atoms with Crippen molar-refractivity contribution in [1.82, 2.24) is 0 Å². The molecule has 0 amide bonds. The topological polar surface area (TPSA) is 26.3 Å². The van der Waals surface area contributed by atoms with Crippen LogP contribution in [-0.2, 0) is 10.9 Å². The Morgan fingerprint density at radius 1 is 1.29 bits per heavy atom. The van der Waals surface area contributed by atoms with Gasteiger partial charge >= 0.3 is 6.18 Å². The van der Waals surface area contributed by atoms with Crippen LogP contribution in [0.15, 0.2) is 24.3 Å². The van der Waals surface area contributed by atoms with Gasteiger partial charge in [-0.15, -0.1) is 0 Å². The molecule has 0 heterocycles. The minimum absolute atomic E-state index is 0.221. The SMILES string of the molecule is CCOC(C)C(=O)c1ccc(C(F)(F)F)cc1. The van der Waals surface area contributed by atoms with Gasteiger partial charge in [-0.05, 0) is 26.0 Å². The van der Waals surface area contributed by atoms with Crippen LogP contribution in [0.3, 0.4) is 0 Å². The molecule has 1 aromatic rings. The summed E-state index contributed by atoms with van der Waals surface area (Å²) in [7, 11) is 0. The monoisotopic (exact) mass is 246 g/mol. The Bertz CT molecular complexity index is 382.